The van der Waals surface area contributed by atoms with E-state index in [1.54, 1.807) is 0 Å². The van der Waals surface area contributed by atoms with Crippen molar-refractivity contribution in [3.63, 3.8) is 0 Å². The van der Waals surface area contributed by atoms with Crippen molar-refractivity contribution < 1.29 is 9.53 Å². The summed E-state index contributed by atoms with van der Waals surface area (Å²) in [6.07, 6.45) is 3.81. The van der Waals surface area contributed by atoms with Gasteiger partial charge in [-0.3, -0.25) is 4.79 Å². The third kappa shape index (κ3) is 4.75. The largest absolute Gasteiger partial charge is 0.484 e. The summed E-state index contributed by atoms with van der Waals surface area (Å²) >= 11 is 0. The molecular formula is C21H26N2O2. The molecule has 1 aliphatic heterocycles. The van der Waals surface area contributed by atoms with Crippen molar-refractivity contribution >= 4 is 17.3 Å². The molecule has 0 bridgehead atoms. The van der Waals surface area contributed by atoms with Gasteiger partial charge >= 0.3 is 0 Å². The van der Waals surface area contributed by atoms with E-state index in [1.807, 2.05) is 43.3 Å². The van der Waals surface area contributed by atoms with Crippen molar-refractivity contribution in [2.45, 2.75) is 39.2 Å². The summed E-state index contributed by atoms with van der Waals surface area (Å²) in [7, 11) is 0. The quantitative estimate of drug-likeness (QED) is 0.879. The minimum absolute atomic E-state index is 0.00791. The molecule has 25 heavy (non-hydrogen) atoms. The van der Waals surface area contributed by atoms with Gasteiger partial charge < -0.3 is 15.0 Å². The molecule has 1 atom stereocenters. The van der Waals surface area contributed by atoms with E-state index in [2.05, 4.69) is 29.3 Å². The Balaban J connectivity index is 1.52. The van der Waals surface area contributed by atoms with Crippen LogP contribution in [-0.4, -0.2) is 25.1 Å². The Hall–Kier alpha value is -2.49. The van der Waals surface area contributed by atoms with E-state index in [9.17, 15) is 4.79 Å². The van der Waals surface area contributed by atoms with Gasteiger partial charge in [-0.25, -0.2) is 0 Å². The van der Waals surface area contributed by atoms with Crippen LogP contribution in [0.15, 0.2) is 48.5 Å². The number of anilines is 2. The highest BCUT2D eigenvalue weighted by atomic mass is 16.5. The molecular weight excluding hydrogens is 312 g/mol. The van der Waals surface area contributed by atoms with Gasteiger partial charge in [-0.1, -0.05) is 17.7 Å². The molecule has 1 unspecified atom stereocenters. The number of nitrogens with one attached hydrogen (secondary N) is 1. The Kier molecular flexibility index (Phi) is 5.59. The Labute approximate surface area is 149 Å². The average molecular weight is 338 g/mol. The van der Waals surface area contributed by atoms with Gasteiger partial charge in [-0.15, -0.1) is 0 Å². The Morgan fingerprint density at radius 1 is 1.12 bits per heavy atom. The first-order valence-corrected chi connectivity index (χ1v) is 8.98. The summed E-state index contributed by atoms with van der Waals surface area (Å²) in [6.45, 7) is 5.41. The lowest BCUT2D eigenvalue weighted by Gasteiger charge is -2.35. The van der Waals surface area contributed by atoms with E-state index in [4.69, 9.17) is 4.74 Å². The molecule has 132 valence electrons. The zero-order valence-electron chi connectivity index (χ0n) is 15.0. The number of carbonyl (C=O) groups is 1. The standard InChI is InChI=1S/C21H26N2O2/c1-16-6-12-20(13-7-16)25-15-21(24)22-18-8-10-19(11-9-18)23-14-4-3-5-17(23)2/h6-13,17H,3-5,14-15H2,1-2H3,(H,22,24). The molecule has 1 fully saturated rings. The van der Waals surface area contributed by atoms with Gasteiger partial charge in [-0.05, 0) is 69.5 Å². The van der Waals surface area contributed by atoms with Crippen LogP contribution in [0.4, 0.5) is 11.4 Å². The number of carbonyl (C=O) groups excluding carboxylic acids is 1. The summed E-state index contributed by atoms with van der Waals surface area (Å²) in [5, 5.41) is 2.88. The Morgan fingerprint density at radius 3 is 2.52 bits per heavy atom. The lowest BCUT2D eigenvalue weighted by molar-refractivity contribution is -0.118. The van der Waals surface area contributed by atoms with Crippen LogP contribution in [0, 0.1) is 6.92 Å². The Bertz CT molecular complexity index is 695. The number of benzene rings is 2. The van der Waals surface area contributed by atoms with Gasteiger partial charge in [0, 0.05) is 24.0 Å². The molecule has 2 aromatic rings. The number of nitrogens with zero attached hydrogens (tertiary/aromatic N) is 1. The molecule has 0 spiro atoms. The van der Waals surface area contributed by atoms with Gasteiger partial charge in [0.25, 0.3) is 5.91 Å². The normalized spacial score (nSPS) is 17.2. The first kappa shape index (κ1) is 17.3. The van der Waals surface area contributed by atoms with Crippen molar-refractivity contribution in [1.82, 2.24) is 0 Å². The third-order valence-corrected chi connectivity index (χ3v) is 4.68. The van der Waals surface area contributed by atoms with Crippen LogP contribution < -0.4 is 15.0 Å². The number of ether oxygens (including phenoxy) is 1. The summed E-state index contributed by atoms with van der Waals surface area (Å²) in [5.41, 5.74) is 3.19. The van der Waals surface area contributed by atoms with Crippen LogP contribution in [-0.2, 0) is 4.79 Å². The number of hydrogen-bond donors (Lipinski definition) is 1. The number of amides is 1. The monoisotopic (exact) mass is 338 g/mol. The highest BCUT2D eigenvalue weighted by Crippen LogP contribution is 2.25. The molecule has 3 rings (SSSR count). The maximum absolute atomic E-state index is 12.0. The number of aryl methyl sites for hydroxylation is 1. The summed E-state index contributed by atoms with van der Waals surface area (Å²) in [5.74, 6) is 0.551. The van der Waals surface area contributed by atoms with Gasteiger partial charge in [0.1, 0.15) is 5.75 Å². The second-order valence-electron chi connectivity index (χ2n) is 6.73. The summed E-state index contributed by atoms with van der Waals surface area (Å²) < 4.78 is 5.51. The minimum atomic E-state index is -0.153. The van der Waals surface area contributed by atoms with Crippen molar-refractivity contribution in [2.75, 3.05) is 23.4 Å². The van der Waals surface area contributed by atoms with Crippen LogP contribution in [0.25, 0.3) is 0 Å². The number of piperidine rings is 1. The van der Waals surface area contributed by atoms with Gasteiger partial charge in [0.15, 0.2) is 6.61 Å². The topological polar surface area (TPSA) is 41.6 Å². The predicted octanol–water partition coefficient (Wildman–Crippen LogP) is 4.39. The average Bonchev–Trinajstić information content (AvgIpc) is 2.62. The Morgan fingerprint density at radius 2 is 1.84 bits per heavy atom. The molecule has 1 N–H and O–H groups in total. The fraction of sp³-hybridized carbons (Fsp3) is 0.381. The van der Waals surface area contributed by atoms with Crippen molar-refractivity contribution in [2.24, 2.45) is 0 Å². The zero-order valence-corrected chi connectivity index (χ0v) is 15.0. The van der Waals surface area contributed by atoms with E-state index in [0.717, 1.165) is 12.2 Å². The molecule has 0 radical (unpaired) electrons. The maximum Gasteiger partial charge on any atom is 0.262 e. The molecule has 4 heteroatoms. The SMILES string of the molecule is Cc1ccc(OCC(=O)Nc2ccc(N3CCCCC3C)cc2)cc1. The van der Waals surface area contributed by atoms with Gasteiger partial charge in [0.2, 0.25) is 0 Å². The second kappa shape index (κ2) is 8.06. The second-order valence-corrected chi connectivity index (χ2v) is 6.73. The fourth-order valence-electron chi connectivity index (χ4n) is 3.20. The number of rotatable bonds is 5. The molecule has 4 nitrogen and oxygen atoms in total. The lowest BCUT2D eigenvalue weighted by Crippen LogP contribution is -2.37. The first-order chi connectivity index (χ1) is 12.1. The highest BCUT2D eigenvalue weighted by Gasteiger charge is 2.18. The number of hydrogen-bond acceptors (Lipinski definition) is 3. The van der Waals surface area contributed by atoms with Crippen molar-refractivity contribution in [1.29, 1.82) is 0 Å². The molecule has 1 amide bonds. The van der Waals surface area contributed by atoms with Crippen molar-refractivity contribution in [3.05, 3.63) is 54.1 Å². The van der Waals surface area contributed by atoms with Gasteiger partial charge in [-0.2, -0.15) is 0 Å². The van der Waals surface area contributed by atoms with E-state index >= 15 is 0 Å². The molecule has 0 saturated carbocycles. The molecule has 1 aliphatic rings. The first-order valence-electron chi connectivity index (χ1n) is 8.98. The third-order valence-electron chi connectivity index (χ3n) is 4.68. The van der Waals surface area contributed by atoms with E-state index < -0.39 is 0 Å². The predicted molar refractivity (Wildman–Crippen MR) is 102 cm³/mol. The van der Waals surface area contributed by atoms with E-state index in [-0.39, 0.29) is 12.5 Å². The fourth-order valence-corrected chi connectivity index (χ4v) is 3.20. The molecule has 1 heterocycles. The lowest BCUT2D eigenvalue weighted by atomic mass is 10.0. The van der Waals surface area contributed by atoms with E-state index in [0.29, 0.717) is 11.8 Å². The highest BCUT2D eigenvalue weighted by molar-refractivity contribution is 5.92. The zero-order chi connectivity index (χ0) is 17.6. The molecule has 1 saturated heterocycles. The minimum Gasteiger partial charge on any atom is -0.484 e. The molecule has 0 aliphatic carbocycles. The van der Waals surface area contributed by atoms with Crippen LogP contribution in [0.5, 0.6) is 5.75 Å². The summed E-state index contributed by atoms with van der Waals surface area (Å²) in [6, 6.07) is 16.3. The van der Waals surface area contributed by atoms with Crippen LogP contribution in [0.1, 0.15) is 31.7 Å². The van der Waals surface area contributed by atoms with E-state index in [1.165, 1.54) is 30.5 Å². The smallest absolute Gasteiger partial charge is 0.262 e. The maximum atomic E-state index is 12.0. The van der Waals surface area contributed by atoms with Gasteiger partial charge in [0.05, 0.1) is 0 Å². The van der Waals surface area contributed by atoms with Crippen LogP contribution >= 0.6 is 0 Å². The summed E-state index contributed by atoms with van der Waals surface area (Å²) in [4.78, 5) is 14.5. The van der Waals surface area contributed by atoms with Crippen LogP contribution in [0.2, 0.25) is 0 Å². The molecule has 0 aromatic heterocycles. The molecule has 2 aromatic carbocycles. The van der Waals surface area contributed by atoms with Crippen molar-refractivity contribution in [3.8, 4) is 5.75 Å². The van der Waals surface area contributed by atoms with Crippen LogP contribution in [0.3, 0.4) is 0 Å².